The summed E-state index contributed by atoms with van der Waals surface area (Å²) in [5.74, 6) is 0.918. The van der Waals surface area contributed by atoms with Crippen LogP contribution in [0, 0.1) is 6.92 Å². The Labute approximate surface area is 110 Å². The van der Waals surface area contributed by atoms with Gasteiger partial charge in [-0.2, -0.15) is 0 Å². The maximum Gasteiger partial charge on any atom is 0.142 e. The maximum atomic E-state index is 11.2. The molecule has 4 nitrogen and oxygen atoms in total. The molecule has 18 heavy (non-hydrogen) atoms. The molecule has 3 rings (SSSR count). The second-order valence-corrected chi connectivity index (χ2v) is 5.90. The molecule has 0 bridgehead atoms. The Morgan fingerprint density at radius 2 is 2.33 bits per heavy atom. The molecule has 1 unspecified atom stereocenters. The highest BCUT2D eigenvalue weighted by molar-refractivity contribution is 7.18. The summed E-state index contributed by atoms with van der Waals surface area (Å²) in [6.45, 7) is 2.98. The molecule has 0 radical (unpaired) electrons. The van der Waals surface area contributed by atoms with Gasteiger partial charge in [-0.25, -0.2) is 9.97 Å². The molecule has 1 aliphatic heterocycles. The molecule has 3 heterocycles. The molecular formula is C13H15N3OS. The first-order valence-electron chi connectivity index (χ1n) is 6.22. The lowest BCUT2D eigenvalue weighted by atomic mass is 10.0. The minimum absolute atomic E-state index is 0.0305. The highest BCUT2D eigenvalue weighted by Crippen LogP contribution is 2.32. The standard InChI is InChI=1S/C13H15N3OS/c1-9-6-11-12(14-8-15-13(11)18-9)16-5-3-2-4-10(16)7-17/h6-8,10H,2-5H2,1H3. The lowest BCUT2D eigenvalue weighted by molar-refractivity contribution is -0.109. The fourth-order valence-electron chi connectivity index (χ4n) is 2.55. The minimum Gasteiger partial charge on any atom is -0.346 e. The Balaban J connectivity index is 2.09. The summed E-state index contributed by atoms with van der Waals surface area (Å²) >= 11 is 1.67. The molecule has 2 aromatic rings. The van der Waals surface area contributed by atoms with Crippen LogP contribution in [-0.2, 0) is 4.79 Å². The highest BCUT2D eigenvalue weighted by atomic mass is 32.1. The molecule has 1 fully saturated rings. The Morgan fingerprint density at radius 1 is 1.44 bits per heavy atom. The Morgan fingerprint density at radius 3 is 3.17 bits per heavy atom. The van der Waals surface area contributed by atoms with Gasteiger partial charge in [0, 0.05) is 11.4 Å². The summed E-state index contributed by atoms with van der Waals surface area (Å²) in [5.41, 5.74) is 0. The van der Waals surface area contributed by atoms with Crippen molar-refractivity contribution < 1.29 is 4.79 Å². The summed E-state index contributed by atoms with van der Waals surface area (Å²) in [5, 5.41) is 1.08. The number of aromatic nitrogens is 2. The zero-order chi connectivity index (χ0) is 12.5. The van der Waals surface area contributed by atoms with E-state index in [1.54, 1.807) is 17.7 Å². The summed E-state index contributed by atoms with van der Waals surface area (Å²) < 4.78 is 0. The Kier molecular flexibility index (Phi) is 2.99. The van der Waals surface area contributed by atoms with Gasteiger partial charge in [0.15, 0.2) is 0 Å². The molecule has 0 amide bonds. The number of nitrogens with zero attached hydrogens (tertiary/aromatic N) is 3. The summed E-state index contributed by atoms with van der Waals surface area (Å²) in [6, 6.07) is 2.09. The SMILES string of the molecule is Cc1cc2c(N3CCCCC3C=O)ncnc2s1. The molecule has 1 aliphatic rings. The van der Waals surface area contributed by atoms with Gasteiger partial charge in [-0.3, -0.25) is 0 Å². The molecular weight excluding hydrogens is 246 g/mol. The normalized spacial score (nSPS) is 20.3. The molecule has 0 spiro atoms. The van der Waals surface area contributed by atoms with Crippen molar-refractivity contribution in [1.29, 1.82) is 0 Å². The van der Waals surface area contributed by atoms with Crippen LogP contribution in [0.15, 0.2) is 12.4 Å². The number of carbonyl (C=O) groups is 1. The van der Waals surface area contributed by atoms with Gasteiger partial charge in [0.1, 0.15) is 23.3 Å². The zero-order valence-corrected chi connectivity index (χ0v) is 11.1. The third-order valence-electron chi connectivity index (χ3n) is 3.41. The monoisotopic (exact) mass is 261 g/mol. The van der Waals surface area contributed by atoms with E-state index in [1.165, 1.54) is 4.88 Å². The van der Waals surface area contributed by atoms with Crippen LogP contribution in [-0.4, -0.2) is 28.8 Å². The minimum atomic E-state index is -0.0305. The van der Waals surface area contributed by atoms with Gasteiger partial charge in [-0.1, -0.05) is 0 Å². The fraction of sp³-hybridized carbons (Fsp3) is 0.462. The second-order valence-electron chi connectivity index (χ2n) is 4.67. The topological polar surface area (TPSA) is 46.1 Å². The molecule has 5 heteroatoms. The van der Waals surface area contributed by atoms with E-state index in [-0.39, 0.29) is 6.04 Å². The molecule has 0 N–H and O–H groups in total. The van der Waals surface area contributed by atoms with Crippen LogP contribution >= 0.6 is 11.3 Å². The molecule has 1 saturated heterocycles. The van der Waals surface area contributed by atoms with Gasteiger partial charge in [0.05, 0.1) is 11.4 Å². The summed E-state index contributed by atoms with van der Waals surface area (Å²) in [6.07, 6.45) is 5.82. The first kappa shape index (κ1) is 11.6. The van der Waals surface area contributed by atoms with E-state index in [9.17, 15) is 4.79 Å². The van der Waals surface area contributed by atoms with Crippen molar-refractivity contribution >= 4 is 33.7 Å². The molecule has 0 aromatic carbocycles. The van der Waals surface area contributed by atoms with Crippen LogP contribution in [0.25, 0.3) is 10.2 Å². The number of piperidine rings is 1. The van der Waals surface area contributed by atoms with Crippen molar-refractivity contribution in [3.8, 4) is 0 Å². The summed E-state index contributed by atoms with van der Waals surface area (Å²) in [7, 11) is 0. The van der Waals surface area contributed by atoms with Crippen molar-refractivity contribution in [3.63, 3.8) is 0 Å². The van der Waals surface area contributed by atoms with Gasteiger partial charge < -0.3 is 9.69 Å². The third-order valence-corrected chi connectivity index (χ3v) is 4.37. The molecule has 0 saturated carbocycles. The van der Waals surface area contributed by atoms with Crippen molar-refractivity contribution in [2.75, 3.05) is 11.4 Å². The smallest absolute Gasteiger partial charge is 0.142 e. The number of carbonyl (C=O) groups excluding carboxylic acids is 1. The second kappa shape index (κ2) is 4.65. The average molecular weight is 261 g/mol. The first-order chi connectivity index (χ1) is 8.79. The van der Waals surface area contributed by atoms with E-state index in [0.29, 0.717) is 0 Å². The van der Waals surface area contributed by atoms with Gasteiger partial charge in [-0.05, 0) is 32.3 Å². The predicted octanol–water partition coefficient (Wildman–Crippen LogP) is 2.56. The van der Waals surface area contributed by atoms with Gasteiger partial charge in [0.25, 0.3) is 0 Å². The van der Waals surface area contributed by atoms with Crippen LogP contribution in [0.2, 0.25) is 0 Å². The van der Waals surface area contributed by atoms with Crippen molar-refractivity contribution in [2.45, 2.75) is 32.2 Å². The van der Waals surface area contributed by atoms with Gasteiger partial charge in [-0.15, -0.1) is 11.3 Å². The quantitative estimate of drug-likeness (QED) is 0.779. The van der Waals surface area contributed by atoms with Crippen LogP contribution in [0.4, 0.5) is 5.82 Å². The summed E-state index contributed by atoms with van der Waals surface area (Å²) in [4.78, 5) is 24.3. The zero-order valence-electron chi connectivity index (χ0n) is 10.3. The third kappa shape index (κ3) is 1.88. The average Bonchev–Trinajstić information content (AvgIpc) is 2.78. The highest BCUT2D eigenvalue weighted by Gasteiger charge is 2.24. The molecule has 94 valence electrons. The Bertz CT molecular complexity index is 581. The number of rotatable bonds is 2. The lowest BCUT2D eigenvalue weighted by Gasteiger charge is -2.33. The molecule has 2 aromatic heterocycles. The number of aldehydes is 1. The van der Waals surface area contributed by atoms with Crippen molar-refractivity contribution in [1.82, 2.24) is 9.97 Å². The number of hydrogen-bond donors (Lipinski definition) is 0. The first-order valence-corrected chi connectivity index (χ1v) is 7.04. The van der Waals surface area contributed by atoms with Crippen LogP contribution in [0.5, 0.6) is 0 Å². The van der Waals surface area contributed by atoms with Crippen LogP contribution in [0.1, 0.15) is 24.1 Å². The maximum absolute atomic E-state index is 11.2. The predicted molar refractivity (Wildman–Crippen MR) is 73.2 cm³/mol. The van der Waals surface area contributed by atoms with Gasteiger partial charge >= 0.3 is 0 Å². The van der Waals surface area contributed by atoms with Gasteiger partial charge in [0.2, 0.25) is 0 Å². The largest absolute Gasteiger partial charge is 0.346 e. The molecule has 1 atom stereocenters. The lowest BCUT2D eigenvalue weighted by Crippen LogP contribution is -2.41. The van der Waals surface area contributed by atoms with E-state index in [4.69, 9.17) is 0 Å². The fourth-order valence-corrected chi connectivity index (χ4v) is 3.40. The van der Waals surface area contributed by atoms with E-state index < -0.39 is 0 Å². The van der Waals surface area contributed by atoms with Crippen LogP contribution in [0.3, 0.4) is 0 Å². The van der Waals surface area contributed by atoms with E-state index in [0.717, 1.165) is 48.1 Å². The number of thiophene rings is 1. The van der Waals surface area contributed by atoms with E-state index in [1.807, 2.05) is 0 Å². The van der Waals surface area contributed by atoms with Crippen molar-refractivity contribution in [2.24, 2.45) is 0 Å². The number of aryl methyl sites for hydroxylation is 1. The van der Waals surface area contributed by atoms with E-state index >= 15 is 0 Å². The number of fused-ring (bicyclic) bond motifs is 1. The Hall–Kier alpha value is -1.49. The molecule has 0 aliphatic carbocycles. The number of anilines is 1. The van der Waals surface area contributed by atoms with Crippen LogP contribution < -0.4 is 4.90 Å². The van der Waals surface area contributed by atoms with Crippen molar-refractivity contribution in [3.05, 3.63) is 17.3 Å². The number of hydrogen-bond acceptors (Lipinski definition) is 5. The van der Waals surface area contributed by atoms with E-state index in [2.05, 4.69) is 27.9 Å².